The van der Waals surface area contributed by atoms with E-state index in [0.717, 1.165) is 27.9 Å². The van der Waals surface area contributed by atoms with Crippen molar-refractivity contribution in [2.45, 2.75) is 27.3 Å². The number of hydrogen-bond acceptors (Lipinski definition) is 4. The summed E-state index contributed by atoms with van der Waals surface area (Å²) in [4.78, 5) is 11.7. The molecule has 0 saturated carbocycles. The van der Waals surface area contributed by atoms with Gasteiger partial charge in [-0.15, -0.1) is 0 Å². The molecule has 6 nitrogen and oxygen atoms in total. The summed E-state index contributed by atoms with van der Waals surface area (Å²) >= 11 is 0. The molecule has 0 aliphatic rings. The lowest BCUT2D eigenvalue weighted by Gasteiger charge is -2.10. The Morgan fingerprint density at radius 3 is 2.46 bits per heavy atom. The fourth-order valence-electron chi connectivity index (χ4n) is 3.33. The Morgan fingerprint density at radius 2 is 1.86 bits per heavy atom. The summed E-state index contributed by atoms with van der Waals surface area (Å²) in [7, 11) is 0. The van der Waals surface area contributed by atoms with E-state index < -0.39 is 6.09 Å². The number of ether oxygens (including phenoxy) is 2. The molecule has 1 aromatic heterocycles. The van der Waals surface area contributed by atoms with Crippen molar-refractivity contribution in [2.75, 3.05) is 18.5 Å². The molecule has 3 rings (SSSR count). The van der Waals surface area contributed by atoms with Crippen LogP contribution >= 0.6 is 0 Å². The van der Waals surface area contributed by atoms with Crippen molar-refractivity contribution in [1.82, 2.24) is 4.57 Å². The molecule has 0 atom stereocenters. The van der Waals surface area contributed by atoms with Crippen LogP contribution in [0.4, 0.5) is 10.5 Å². The van der Waals surface area contributed by atoms with E-state index in [1.165, 1.54) is 0 Å². The molecule has 1 amide bonds. The monoisotopic (exact) mass is 377 g/mol. The number of benzene rings is 2. The van der Waals surface area contributed by atoms with Crippen molar-refractivity contribution >= 4 is 22.7 Å². The first-order valence-electron chi connectivity index (χ1n) is 9.36. The number of fused-ring (bicyclic) bond motifs is 1. The van der Waals surface area contributed by atoms with Gasteiger partial charge in [0.15, 0.2) is 0 Å². The number of aromatic nitrogens is 1. The van der Waals surface area contributed by atoms with Gasteiger partial charge < -0.3 is 14.0 Å². The van der Waals surface area contributed by atoms with E-state index in [1.807, 2.05) is 50.2 Å². The van der Waals surface area contributed by atoms with Gasteiger partial charge >= 0.3 is 6.09 Å². The minimum Gasteiger partial charge on any atom is -0.494 e. The van der Waals surface area contributed by atoms with Gasteiger partial charge in [0.1, 0.15) is 11.8 Å². The number of anilines is 1. The molecule has 0 unspecified atom stereocenters. The van der Waals surface area contributed by atoms with Gasteiger partial charge in [-0.2, -0.15) is 5.26 Å². The molecular formula is C22H23N3O3. The average molecular weight is 377 g/mol. The first-order valence-corrected chi connectivity index (χ1v) is 9.36. The summed E-state index contributed by atoms with van der Waals surface area (Å²) in [6.07, 6.45) is -0.497. The number of nitriles is 1. The number of nitrogens with one attached hydrogen (secondary N) is 1. The normalized spacial score (nSPS) is 10.5. The van der Waals surface area contributed by atoms with E-state index in [9.17, 15) is 10.1 Å². The summed E-state index contributed by atoms with van der Waals surface area (Å²) < 4.78 is 12.5. The minimum atomic E-state index is -0.497. The largest absolute Gasteiger partial charge is 0.494 e. The Kier molecular flexibility index (Phi) is 5.85. The topological polar surface area (TPSA) is 76.3 Å². The number of aryl methyl sites for hydroxylation is 1. The number of amides is 1. The molecule has 0 radical (unpaired) electrons. The van der Waals surface area contributed by atoms with Crippen LogP contribution in [-0.4, -0.2) is 23.9 Å². The van der Waals surface area contributed by atoms with Crippen molar-refractivity contribution < 1.29 is 14.3 Å². The predicted molar refractivity (Wildman–Crippen MR) is 110 cm³/mol. The van der Waals surface area contributed by atoms with Crippen LogP contribution in [0.15, 0.2) is 42.5 Å². The van der Waals surface area contributed by atoms with Crippen LogP contribution < -0.4 is 10.1 Å². The van der Waals surface area contributed by atoms with Crippen molar-refractivity contribution in [2.24, 2.45) is 0 Å². The van der Waals surface area contributed by atoms with E-state index >= 15 is 0 Å². The molecule has 0 saturated heterocycles. The van der Waals surface area contributed by atoms with Gasteiger partial charge in [0.2, 0.25) is 0 Å². The van der Waals surface area contributed by atoms with E-state index in [-0.39, 0.29) is 0 Å². The molecule has 1 heterocycles. The Balaban J connectivity index is 2.11. The summed E-state index contributed by atoms with van der Waals surface area (Å²) in [5, 5.41) is 13.4. The molecule has 28 heavy (non-hydrogen) atoms. The summed E-state index contributed by atoms with van der Waals surface area (Å²) in [5.41, 5.74) is 3.93. The molecule has 0 aliphatic carbocycles. The Bertz CT molecular complexity index is 1030. The third kappa shape index (κ3) is 3.65. The van der Waals surface area contributed by atoms with Gasteiger partial charge in [-0.3, -0.25) is 5.32 Å². The van der Waals surface area contributed by atoms with Gasteiger partial charge in [-0.25, -0.2) is 4.79 Å². The first kappa shape index (κ1) is 19.3. The predicted octanol–water partition coefficient (Wildman–Crippen LogP) is 5.17. The lowest BCUT2D eigenvalue weighted by molar-refractivity contribution is 0.168. The molecule has 0 fully saturated rings. The maximum absolute atomic E-state index is 11.7. The van der Waals surface area contributed by atoms with Crippen LogP contribution in [-0.2, 0) is 11.3 Å². The maximum Gasteiger partial charge on any atom is 0.411 e. The smallest absolute Gasteiger partial charge is 0.411 e. The second kappa shape index (κ2) is 8.49. The van der Waals surface area contributed by atoms with E-state index in [2.05, 4.69) is 16.0 Å². The third-order valence-corrected chi connectivity index (χ3v) is 4.45. The zero-order chi connectivity index (χ0) is 20.1. The maximum atomic E-state index is 11.7. The van der Waals surface area contributed by atoms with Crippen LogP contribution in [0.3, 0.4) is 0 Å². The molecule has 1 N–H and O–H groups in total. The highest BCUT2D eigenvalue weighted by Gasteiger charge is 2.18. The van der Waals surface area contributed by atoms with Gasteiger partial charge in [0, 0.05) is 17.6 Å². The van der Waals surface area contributed by atoms with Crippen LogP contribution in [0.2, 0.25) is 0 Å². The number of hydrogen-bond donors (Lipinski definition) is 1. The fourth-order valence-corrected chi connectivity index (χ4v) is 3.33. The Hall–Kier alpha value is -3.46. The minimum absolute atomic E-state index is 0.305. The van der Waals surface area contributed by atoms with Crippen LogP contribution in [0.25, 0.3) is 22.2 Å². The fraction of sp³-hybridized carbons (Fsp3) is 0.273. The lowest BCUT2D eigenvalue weighted by Crippen LogP contribution is -2.13. The summed E-state index contributed by atoms with van der Waals surface area (Å²) in [5.74, 6) is 0.796. The second-order valence-electron chi connectivity index (χ2n) is 6.11. The SMILES string of the molecule is CCOC(=O)Nc1ccc2c(C#N)c(-c3ccc(OCC)cc3)n(CC)c2c1. The van der Waals surface area contributed by atoms with Gasteiger partial charge in [0.05, 0.1) is 30.0 Å². The van der Waals surface area contributed by atoms with E-state index in [0.29, 0.717) is 31.0 Å². The second-order valence-corrected chi connectivity index (χ2v) is 6.11. The highest BCUT2D eigenvalue weighted by atomic mass is 16.5. The highest BCUT2D eigenvalue weighted by Crippen LogP contribution is 2.35. The number of nitrogens with zero attached hydrogens (tertiary/aromatic N) is 2. The Morgan fingerprint density at radius 1 is 1.11 bits per heavy atom. The van der Waals surface area contributed by atoms with Crippen molar-refractivity contribution in [1.29, 1.82) is 5.26 Å². The average Bonchev–Trinajstić information content (AvgIpc) is 3.01. The van der Waals surface area contributed by atoms with Crippen molar-refractivity contribution in [3.63, 3.8) is 0 Å². The number of rotatable bonds is 6. The zero-order valence-electron chi connectivity index (χ0n) is 16.3. The quantitative estimate of drug-likeness (QED) is 0.643. The molecule has 0 spiro atoms. The summed E-state index contributed by atoms with van der Waals surface area (Å²) in [6, 6.07) is 15.6. The molecule has 144 valence electrons. The molecule has 3 aromatic rings. The highest BCUT2D eigenvalue weighted by molar-refractivity contribution is 5.97. The molecular weight excluding hydrogens is 354 g/mol. The molecule has 0 bridgehead atoms. The van der Waals surface area contributed by atoms with E-state index in [4.69, 9.17) is 9.47 Å². The standard InChI is InChI=1S/C22H23N3O3/c1-4-25-20-13-16(24-22(26)28-6-3)9-12-18(20)19(14-23)21(25)15-7-10-17(11-8-15)27-5-2/h7-13H,4-6H2,1-3H3,(H,24,26). The number of carbonyl (C=O) groups is 1. The van der Waals surface area contributed by atoms with Crippen LogP contribution in [0, 0.1) is 11.3 Å². The first-order chi connectivity index (χ1) is 13.6. The van der Waals surface area contributed by atoms with Crippen LogP contribution in [0.5, 0.6) is 5.75 Å². The van der Waals surface area contributed by atoms with Crippen LogP contribution in [0.1, 0.15) is 26.3 Å². The van der Waals surface area contributed by atoms with Crippen molar-refractivity contribution in [3.8, 4) is 23.1 Å². The van der Waals surface area contributed by atoms with E-state index in [1.54, 1.807) is 13.0 Å². The number of carbonyl (C=O) groups excluding carboxylic acids is 1. The third-order valence-electron chi connectivity index (χ3n) is 4.45. The molecule has 0 aliphatic heterocycles. The lowest BCUT2D eigenvalue weighted by atomic mass is 10.1. The molecule has 6 heteroatoms. The Labute approximate surface area is 164 Å². The zero-order valence-corrected chi connectivity index (χ0v) is 16.3. The summed E-state index contributed by atoms with van der Waals surface area (Å²) in [6.45, 7) is 7.33. The van der Waals surface area contributed by atoms with Gasteiger partial charge in [0.25, 0.3) is 0 Å². The van der Waals surface area contributed by atoms with Crippen molar-refractivity contribution in [3.05, 3.63) is 48.0 Å². The van der Waals surface area contributed by atoms with Gasteiger partial charge in [-0.1, -0.05) is 0 Å². The molecule has 2 aromatic carbocycles. The van der Waals surface area contributed by atoms with Gasteiger partial charge in [-0.05, 0) is 68.8 Å².